The molecule has 1 aromatic heterocycles. The standard InChI is InChI=1S/C17H21NO.C16H16O/c1-17(2,3)12-9-10-15(18)14(11-12)13-7-5-6-8-16(13)19-4;1-16(2,3)11-8-9-15-13(10-11)12-6-4-5-7-14(12)17-15/h5-11H,18H2,1-4H3;4-10H,1-3H3. The van der Waals surface area contributed by atoms with Gasteiger partial charge < -0.3 is 14.9 Å². The summed E-state index contributed by atoms with van der Waals surface area (Å²) in [5.41, 5.74) is 13.8. The third kappa shape index (κ3) is 5.26. The molecule has 0 aliphatic heterocycles. The van der Waals surface area contributed by atoms with Crippen molar-refractivity contribution in [2.45, 2.75) is 52.4 Å². The summed E-state index contributed by atoms with van der Waals surface area (Å²) >= 11 is 0. The number of fused-ring (bicyclic) bond motifs is 3. The minimum Gasteiger partial charge on any atom is -0.496 e. The van der Waals surface area contributed by atoms with E-state index < -0.39 is 0 Å². The quantitative estimate of drug-likeness (QED) is 0.257. The molecule has 0 unspecified atom stereocenters. The molecule has 0 aliphatic rings. The molecule has 0 atom stereocenters. The zero-order valence-electron chi connectivity index (χ0n) is 22.5. The molecule has 5 aromatic rings. The second-order valence-corrected chi connectivity index (χ2v) is 11.3. The molecule has 3 nitrogen and oxygen atoms in total. The van der Waals surface area contributed by atoms with Gasteiger partial charge in [0.25, 0.3) is 0 Å². The number of ether oxygens (including phenoxy) is 1. The topological polar surface area (TPSA) is 48.4 Å². The average Bonchev–Trinajstić information content (AvgIpc) is 3.21. The number of para-hydroxylation sites is 2. The monoisotopic (exact) mass is 479 g/mol. The van der Waals surface area contributed by atoms with Crippen LogP contribution in [-0.2, 0) is 10.8 Å². The van der Waals surface area contributed by atoms with Gasteiger partial charge in [-0.2, -0.15) is 0 Å². The fourth-order valence-electron chi connectivity index (χ4n) is 4.32. The van der Waals surface area contributed by atoms with Gasteiger partial charge in [-0.05, 0) is 58.4 Å². The Morgan fingerprint density at radius 2 is 1.19 bits per heavy atom. The molecule has 186 valence electrons. The normalized spacial score (nSPS) is 11.9. The van der Waals surface area contributed by atoms with Gasteiger partial charge in [0.1, 0.15) is 16.9 Å². The summed E-state index contributed by atoms with van der Waals surface area (Å²) in [7, 11) is 1.68. The maximum atomic E-state index is 6.13. The van der Waals surface area contributed by atoms with Crippen molar-refractivity contribution in [3.63, 3.8) is 0 Å². The van der Waals surface area contributed by atoms with Gasteiger partial charge in [-0.25, -0.2) is 0 Å². The number of benzene rings is 4. The van der Waals surface area contributed by atoms with E-state index in [1.165, 1.54) is 21.9 Å². The van der Waals surface area contributed by atoms with Crippen molar-refractivity contribution in [1.82, 2.24) is 0 Å². The van der Waals surface area contributed by atoms with Gasteiger partial charge in [-0.15, -0.1) is 0 Å². The maximum Gasteiger partial charge on any atom is 0.135 e. The summed E-state index contributed by atoms with van der Waals surface area (Å²) in [6.45, 7) is 13.3. The van der Waals surface area contributed by atoms with E-state index in [0.29, 0.717) is 0 Å². The summed E-state index contributed by atoms with van der Waals surface area (Å²) in [4.78, 5) is 0. The first-order chi connectivity index (χ1) is 17.0. The van der Waals surface area contributed by atoms with E-state index >= 15 is 0 Å². The second kappa shape index (κ2) is 9.73. The van der Waals surface area contributed by atoms with Gasteiger partial charge in [0.15, 0.2) is 0 Å². The van der Waals surface area contributed by atoms with Crippen LogP contribution in [0, 0.1) is 0 Å². The minimum atomic E-state index is 0.102. The minimum absolute atomic E-state index is 0.102. The van der Waals surface area contributed by atoms with Crippen molar-refractivity contribution in [3.8, 4) is 16.9 Å². The number of methoxy groups -OCH3 is 1. The number of anilines is 1. The Bertz CT molecular complexity index is 1500. The van der Waals surface area contributed by atoms with Gasteiger partial charge in [-0.3, -0.25) is 0 Å². The fourth-order valence-corrected chi connectivity index (χ4v) is 4.32. The van der Waals surface area contributed by atoms with E-state index in [1.807, 2.05) is 42.5 Å². The molecule has 0 bridgehead atoms. The molecule has 1 heterocycles. The molecule has 0 amide bonds. The number of hydrogen-bond donors (Lipinski definition) is 1. The predicted octanol–water partition coefficient (Wildman–Crippen LogP) is 9.13. The molecule has 0 fully saturated rings. The van der Waals surface area contributed by atoms with Crippen molar-refractivity contribution in [3.05, 3.63) is 96.1 Å². The smallest absolute Gasteiger partial charge is 0.135 e. The molecule has 36 heavy (non-hydrogen) atoms. The average molecular weight is 480 g/mol. The maximum absolute atomic E-state index is 6.13. The van der Waals surface area contributed by atoms with E-state index in [-0.39, 0.29) is 10.8 Å². The van der Waals surface area contributed by atoms with Crippen LogP contribution in [0.25, 0.3) is 33.1 Å². The number of nitrogen functional groups attached to an aromatic ring is 1. The molecular formula is C33H37NO2. The van der Waals surface area contributed by atoms with E-state index in [2.05, 4.69) is 84.0 Å². The van der Waals surface area contributed by atoms with Crippen LogP contribution >= 0.6 is 0 Å². The van der Waals surface area contributed by atoms with Gasteiger partial charge in [-0.1, -0.05) is 90.1 Å². The highest BCUT2D eigenvalue weighted by molar-refractivity contribution is 6.05. The summed E-state index contributed by atoms with van der Waals surface area (Å²) in [6.07, 6.45) is 0. The van der Waals surface area contributed by atoms with E-state index in [9.17, 15) is 0 Å². The lowest BCUT2D eigenvalue weighted by molar-refractivity contribution is 0.416. The SMILES string of the molecule is CC(C)(C)c1ccc2oc3ccccc3c2c1.COc1ccccc1-c1cc(C(C)(C)C)ccc1N. The Balaban J connectivity index is 0.000000170. The molecule has 5 rings (SSSR count). The van der Waals surface area contributed by atoms with Crippen molar-refractivity contribution in [2.75, 3.05) is 12.8 Å². The van der Waals surface area contributed by atoms with Crippen molar-refractivity contribution in [2.24, 2.45) is 0 Å². The molecule has 4 aromatic carbocycles. The highest BCUT2D eigenvalue weighted by Gasteiger charge is 2.17. The third-order valence-electron chi connectivity index (χ3n) is 6.56. The lowest BCUT2D eigenvalue weighted by Gasteiger charge is -2.21. The van der Waals surface area contributed by atoms with Crippen LogP contribution < -0.4 is 10.5 Å². The van der Waals surface area contributed by atoms with E-state index in [1.54, 1.807) is 7.11 Å². The summed E-state index contributed by atoms with van der Waals surface area (Å²) in [6, 6.07) is 28.9. The number of nitrogens with two attached hydrogens (primary N) is 1. The Kier molecular flexibility index (Phi) is 6.86. The second-order valence-electron chi connectivity index (χ2n) is 11.3. The van der Waals surface area contributed by atoms with Gasteiger partial charge in [0.2, 0.25) is 0 Å². The van der Waals surface area contributed by atoms with Crippen LogP contribution in [0.2, 0.25) is 0 Å². The van der Waals surface area contributed by atoms with Crippen molar-refractivity contribution in [1.29, 1.82) is 0 Å². The lowest BCUT2D eigenvalue weighted by Crippen LogP contribution is -2.11. The lowest BCUT2D eigenvalue weighted by atomic mass is 9.85. The summed E-state index contributed by atoms with van der Waals surface area (Å²) < 4.78 is 11.2. The number of rotatable bonds is 2. The highest BCUT2D eigenvalue weighted by Crippen LogP contribution is 2.36. The van der Waals surface area contributed by atoms with Crippen molar-refractivity contribution < 1.29 is 9.15 Å². The number of hydrogen-bond acceptors (Lipinski definition) is 3. The molecule has 0 saturated carbocycles. The third-order valence-corrected chi connectivity index (χ3v) is 6.56. The Morgan fingerprint density at radius 3 is 1.89 bits per heavy atom. The first-order valence-corrected chi connectivity index (χ1v) is 12.4. The summed E-state index contributed by atoms with van der Waals surface area (Å²) in [5, 5.41) is 2.42. The molecule has 0 aliphatic carbocycles. The Morgan fingerprint density at radius 1 is 0.611 bits per heavy atom. The zero-order valence-corrected chi connectivity index (χ0v) is 22.5. The van der Waals surface area contributed by atoms with Crippen molar-refractivity contribution >= 4 is 27.6 Å². The van der Waals surface area contributed by atoms with Crippen LogP contribution in [0.5, 0.6) is 5.75 Å². The number of furan rings is 1. The Hall–Kier alpha value is -3.72. The predicted molar refractivity (Wildman–Crippen MR) is 154 cm³/mol. The molecular weight excluding hydrogens is 442 g/mol. The molecule has 2 N–H and O–H groups in total. The van der Waals surface area contributed by atoms with E-state index in [4.69, 9.17) is 14.9 Å². The zero-order chi connectivity index (χ0) is 26.1. The van der Waals surface area contributed by atoms with Gasteiger partial charge in [0.05, 0.1) is 7.11 Å². The largest absolute Gasteiger partial charge is 0.496 e. The van der Waals surface area contributed by atoms with Crippen LogP contribution in [0.3, 0.4) is 0 Å². The first-order valence-electron chi connectivity index (χ1n) is 12.4. The Labute approximate surface area is 214 Å². The molecule has 0 spiro atoms. The van der Waals surface area contributed by atoms with Gasteiger partial charge >= 0.3 is 0 Å². The summed E-state index contributed by atoms with van der Waals surface area (Å²) in [5.74, 6) is 0.847. The van der Waals surface area contributed by atoms with Crippen LogP contribution in [0.4, 0.5) is 5.69 Å². The fraction of sp³-hybridized carbons (Fsp3) is 0.273. The van der Waals surface area contributed by atoms with E-state index in [0.717, 1.165) is 33.7 Å². The van der Waals surface area contributed by atoms with Crippen LogP contribution in [0.1, 0.15) is 52.7 Å². The molecule has 0 radical (unpaired) electrons. The van der Waals surface area contributed by atoms with Crippen LogP contribution in [-0.4, -0.2) is 7.11 Å². The highest BCUT2D eigenvalue weighted by atomic mass is 16.5. The van der Waals surface area contributed by atoms with Crippen LogP contribution in [0.15, 0.2) is 89.3 Å². The first kappa shape index (κ1) is 25.4. The molecule has 0 saturated heterocycles. The molecule has 3 heteroatoms. The van der Waals surface area contributed by atoms with Gasteiger partial charge in [0, 0.05) is 27.6 Å².